The second kappa shape index (κ2) is 4.19. The minimum Gasteiger partial charge on any atom is -0.338 e. The van der Waals surface area contributed by atoms with E-state index in [-0.39, 0.29) is 11.7 Å². The number of rotatable bonds is 2. The molecule has 80 valence electrons. The van der Waals surface area contributed by atoms with Crippen molar-refractivity contribution >= 4 is 17.5 Å². The summed E-state index contributed by atoms with van der Waals surface area (Å²) in [6.07, 6.45) is 1.45. The maximum Gasteiger partial charge on any atom is 0.222 e. The first-order chi connectivity index (χ1) is 7.16. The Labute approximate surface area is 92.6 Å². The van der Waals surface area contributed by atoms with E-state index in [1.54, 1.807) is 17.0 Å². The molecule has 1 aliphatic heterocycles. The van der Waals surface area contributed by atoms with Crippen molar-refractivity contribution in [2.75, 3.05) is 6.54 Å². The number of carbonyl (C=O) groups excluding carboxylic acids is 1. The van der Waals surface area contributed by atoms with Crippen molar-refractivity contribution in [1.29, 1.82) is 0 Å². The quantitative estimate of drug-likeness (QED) is 0.761. The zero-order valence-electron chi connectivity index (χ0n) is 8.17. The monoisotopic (exact) mass is 227 g/mol. The van der Waals surface area contributed by atoms with E-state index < -0.39 is 0 Å². The molecule has 1 aromatic rings. The van der Waals surface area contributed by atoms with E-state index in [0.29, 0.717) is 23.6 Å². The molecule has 0 unspecified atom stereocenters. The number of benzene rings is 1. The van der Waals surface area contributed by atoms with Gasteiger partial charge in [-0.2, -0.15) is 0 Å². The molecule has 1 aromatic carbocycles. The highest BCUT2D eigenvalue weighted by Gasteiger charge is 2.20. The Kier molecular flexibility index (Phi) is 2.91. The van der Waals surface area contributed by atoms with E-state index >= 15 is 0 Å². The summed E-state index contributed by atoms with van der Waals surface area (Å²) in [7, 11) is 0. The molecule has 0 atom stereocenters. The summed E-state index contributed by atoms with van der Waals surface area (Å²) in [5, 5.41) is 0.379. The van der Waals surface area contributed by atoms with Gasteiger partial charge in [0.1, 0.15) is 5.82 Å². The van der Waals surface area contributed by atoms with Gasteiger partial charge in [0.25, 0.3) is 0 Å². The highest BCUT2D eigenvalue weighted by atomic mass is 35.5. The first-order valence-corrected chi connectivity index (χ1v) is 5.26. The molecule has 1 aliphatic rings. The molecule has 1 fully saturated rings. The van der Waals surface area contributed by atoms with Gasteiger partial charge in [-0.25, -0.2) is 4.39 Å². The van der Waals surface area contributed by atoms with Gasteiger partial charge in [0, 0.05) is 30.1 Å². The van der Waals surface area contributed by atoms with Crippen molar-refractivity contribution in [1.82, 2.24) is 4.90 Å². The van der Waals surface area contributed by atoms with Crippen LogP contribution in [0.4, 0.5) is 4.39 Å². The fraction of sp³-hybridized carbons (Fsp3) is 0.364. The molecule has 0 N–H and O–H groups in total. The average Bonchev–Trinajstić information content (AvgIpc) is 2.57. The number of likely N-dealkylation sites (tertiary alicyclic amines) is 1. The SMILES string of the molecule is O=C1CCCN1Cc1ccc(Cl)cc1F. The highest BCUT2D eigenvalue weighted by molar-refractivity contribution is 6.30. The highest BCUT2D eigenvalue weighted by Crippen LogP contribution is 2.19. The lowest BCUT2D eigenvalue weighted by Gasteiger charge is -2.15. The van der Waals surface area contributed by atoms with Gasteiger partial charge >= 0.3 is 0 Å². The summed E-state index contributed by atoms with van der Waals surface area (Å²) in [5.74, 6) is -0.244. The molecular formula is C11H11ClFNO. The largest absolute Gasteiger partial charge is 0.338 e. The number of hydrogen-bond donors (Lipinski definition) is 0. The Hall–Kier alpha value is -1.09. The van der Waals surface area contributed by atoms with Crippen LogP contribution in [0, 0.1) is 5.82 Å². The minimum atomic E-state index is -0.345. The maximum absolute atomic E-state index is 13.4. The number of halogens is 2. The molecule has 15 heavy (non-hydrogen) atoms. The Morgan fingerprint density at radius 2 is 2.27 bits per heavy atom. The van der Waals surface area contributed by atoms with Gasteiger partial charge in [-0.1, -0.05) is 17.7 Å². The van der Waals surface area contributed by atoms with Crippen molar-refractivity contribution < 1.29 is 9.18 Å². The van der Waals surface area contributed by atoms with Crippen molar-refractivity contribution in [3.63, 3.8) is 0 Å². The molecular weight excluding hydrogens is 217 g/mol. The maximum atomic E-state index is 13.4. The average molecular weight is 228 g/mol. The molecule has 1 heterocycles. The summed E-state index contributed by atoms with van der Waals surface area (Å²) in [4.78, 5) is 13.0. The van der Waals surface area contributed by atoms with E-state index in [4.69, 9.17) is 11.6 Å². The van der Waals surface area contributed by atoms with Gasteiger partial charge in [-0.15, -0.1) is 0 Å². The third kappa shape index (κ3) is 2.29. The fourth-order valence-corrected chi connectivity index (χ4v) is 1.89. The van der Waals surface area contributed by atoms with Crippen LogP contribution in [-0.2, 0) is 11.3 Å². The van der Waals surface area contributed by atoms with Crippen LogP contribution in [-0.4, -0.2) is 17.4 Å². The lowest BCUT2D eigenvalue weighted by atomic mass is 10.2. The molecule has 1 saturated heterocycles. The third-order valence-corrected chi connectivity index (χ3v) is 2.78. The molecule has 2 rings (SSSR count). The van der Waals surface area contributed by atoms with Crippen LogP contribution in [0.5, 0.6) is 0 Å². The second-order valence-electron chi connectivity index (χ2n) is 3.65. The summed E-state index contributed by atoms with van der Waals surface area (Å²) in [6, 6.07) is 4.54. The van der Waals surface area contributed by atoms with Crippen LogP contribution in [0.25, 0.3) is 0 Å². The lowest BCUT2D eigenvalue weighted by Crippen LogP contribution is -2.24. The first-order valence-electron chi connectivity index (χ1n) is 4.88. The second-order valence-corrected chi connectivity index (χ2v) is 4.09. The van der Waals surface area contributed by atoms with E-state index in [0.717, 1.165) is 13.0 Å². The standard InChI is InChI=1S/C11H11ClFNO/c12-9-4-3-8(10(13)6-9)7-14-5-1-2-11(14)15/h3-4,6H,1-2,5,7H2. The van der Waals surface area contributed by atoms with Crippen LogP contribution in [0.15, 0.2) is 18.2 Å². The summed E-state index contributed by atoms with van der Waals surface area (Å²) < 4.78 is 13.4. The van der Waals surface area contributed by atoms with Gasteiger partial charge in [-0.3, -0.25) is 4.79 Å². The Balaban J connectivity index is 2.13. The lowest BCUT2D eigenvalue weighted by molar-refractivity contribution is -0.128. The number of nitrogens with zero attached hydrogens (tertiary/aromatic N) is 1. The summed E-state index contributed by atoms with van der Waals surface area (Å²) in [5.41, 5.74) is 0.523. The Morgan fingerprint density at radius 1 is 1.47 bits per heavy atom. The van der Waals surface area contributed by atoms with E-state index in [1.165, 1.54) is 6.07 Å². The van der Waals surface area contributed by atoms with Crippen molar-refractivity contribution in [3.05, 3.63) is 34.6 Å². The molecule has 0 spiro atoms. The molecule has 4 heteroatoms. The van der Waals surface area contributed by atoms with Crippen LogP contribution in [0.3, 0.4) is 0 Å². The topological polar surface area (TPSA) is 20.3 Å². The van der Waals surface area contributed by atoms with E-state index in [2.05, 4.69) is 0 Å². The van der Waals surface area contributed by atoms with Crippen LogP contribution >= 0.6 is 11.6 Å². The Bertz CT molecular complexity index is 394. The van der Waals surface area contributed by atoms with E-state index in [1.807, 2.05) is 0 Å². The first kappa shape index (κ1) is 10.4. The van der Waals surface area contributed by atoms with Gasteiger partial charge in [-0.05, 0) is 18.6 Å². The molecule has 0 aromatic heterocycles. The predicted octanol–water partition coefficient (Wildman–Crippen LogP) is 2.60. The van der Waals surface area contributed by atoms with E-state index in [9.17, 15) is 9.18 Å². The van der Waals surface area contributed by atoms with Crippen LogP contribution < -0.4 is 0 Å². The van der Waals surface area contributed by atoms with Crippen LogP contribution in [0.1, 0.15) is 18.4 Å². The van der Waals surface area contributed by atoms with Gasteiger partial charge in [0.15, 0.2) is 0 Å². The summed E-state index contributed by atoms with van der Waals surface area (Å²) >= 11 is 5.64. The zero-order valence-corrected chi connectivity index (χ0v) is 8.93. The zero-order chi connectivity index (χ0) is 10.8. The van der Waals surface area contributed by atoms with Gasteiger partial charge < -0.3 is 4.90 Å². The molecule has 2 nitrogen and oxygen atoms in total. The number of amides is 1. The third-order valence-electron chi connectivity index (χ3n) is 2.55. The molecule has 1 amide bonds. The molecule has 0 bridgehead atoms. The number of carbonyl (C=O) groups is 1. The van der Waals surface area contributed by atoms with Gasteiger partial charge in [0.05, 0.1) is 0 Å². The van der Waals surface area contributed by atoms with Crippen molar-refractivity contribution in [2.24, 2.45) is 0 Å². The molecule has 0 aliphatic carbocycles. The fourth-order valence-electron chi connectivity index (χ4n) is 1.73. The smallest absolute Gasteiger partial charge is 0.222 e. The van der Waals surface area contributed by atoms with Crippen molar-refractivity contribution in [3.8, 4) is 0 Å². The predicted molar refractivity (Wildman–Crippen MR) is 56.1 cm³/mol. The summed E-state index contributed by atoms with van der Waals surface area (Å²) in [6.45, 7) is 1.07. The molecule has 0 radical (unpaired) electrons. The minimum absolute atomic E-state index is 0.101. The van der Waals surface area contributed by atoms with Gasteiger partial charge in [0.2, 0.25) is 5.91 Å². The number of hydrogen-bond acceptors (Lipinski definition) is 1. The van der Waals surface area contributed by atoms with Crippen molar-refractivity contribution in [2.45, 2.75) is 19.4 Å². The molecule has 0 saturated carbocycles. The normalized spacial score (nSPS) is 16.1. The Morgan fingerprint density at radius 3 is 2.87 bits per heavy atom. The van der Waals surface area contributed by atoms with Crippen LogP contribution in [0.2, 0.25) is 5.02 Å².